The van der Waals surface area contributed by atoms with Crippen molar-refractivity contribution in [3.63, 3.8) is 0 Å². The normalized spacial score (nSPS) is 14.7. The van der Waals surface area contributed by atoms with Crippen LogP contribution in [0.25, 0.3) is 0 Å². The zero-order chi connectivity index (χ0) is 20.7. The molecule has 0 aliphatic rings. The zero-order valence-corrected chi connectivity index (χ0v) is 16.7. The molecule has 1 heterocycles. The molecule has 0 saturated heterocycles. The standard InChI is InChI=1S/C21H31N3O4/c1-14(2)21(28)22-11-19-23-17(10-9-16-7-5-4-6-8-16)12-24(19)18(13-25)20(27)15(3)26/h4-8,12,14-15,18,20,25-27H,9-11,13H2,1-3H3,(H,22,28)/t15-,18?,20+/m1/s1. The van der Waals surface area contributed by atoms with E-state index in [4.69, 9.17) is 0 Å². The fourth-order valence-electron chi connectivity index (χ4n) is 3.00. The molecule has 1 unspecified atom stereocenters. The lowest BCUT2D eigenvalue weighted by Crippen LogP contribution is -2.37. The smallest absolute Gasteiger partial charge is 0.222 e. The van der Waals surface area contributed by atoms with Gasteiger partial charge in [-0.3, -0.25) is 4.79 Å². The van der Waals surface area contributed by atoms with Gasteiger partial charge in [-0.25, -0.2) is 4.98 Å². The first kappa shape index (κ1) is 22.1. The van der Waals surface area contributed by atoms with E-state index >= 15 is 0 Å². The third-order valence-corrected chi connectivity index (χ3v) is 4.75. The molecule has 7 nitrogen and oxygen atoms in total. The third-order valence-electron chi connectivity index (χ3n) is 4.75. The second-order valence-electron chi connectivity index (χ2n) is 7.39. The van der Waals surface area contributed by atoms with Gasteiger partial charge in [0.25, 0.3) is 0 Å². The Labute approximate surface area is 166 Å². The van der Waals surface area contributed by atoms with Gasteiger partial charge in [0, 0.05) is 12.1 Å². The summed E-state index contributed by atoms with van der Waals surface area (Å²) in [5.41, 5.74) is 1.99. The number of hydrogen-bond donors (Lipinski definition) is 4. The molecular formula is C21H31N3O4. The molecule has 0 saturated carbocycles. The van der Waals surface area contributed by atoms with Gasteiger partial charge in [-0.1, -0.05) is 44.2 Å². The van der Waals surface area contributed by atoms with Crippen molar-refractivity contribution in [2.45, 2.75) is 58.4 Å². The van der Waals surface area contributed by atoms with Crippen LogP contribution in [0.5, 0.6) is 0 Å². The molecule has 1 aromatic carbocycles. The van der Waals surface area contributed by atoms with Crippen molar-refractivity contribution in [1.82, 2.24) is 14.9 Å². The minimum atomic E-state index is -1.15. The van der Waals surface area contributed by atoms with Crippen LogP contribution >= 0.6 is 0 Å². The largest absolute Gasteiger partial charge is 0.394 e. The van der Waals surface area contributed by atoms with E-state index in [1.807, 2.05) is 18.2 Å². The van der Waals surface area contributed by atoms with Gasteiger partial charge in [0.15, 0.2) is 0 Å². The molecule has 0 radical (unpaired) electrons. The van der Waals surface area contributed by atoms with Crippen LogP contribution in [0, 0.1) is 5.92 Å². The number of nitrogens with zero attached hydrogens (tertiary/aromatic N) is 2. The van der Waals surface area contributed by atoms with Gasteiger partial charge < -0.3 is 25.2 Å². The Hall–Kier alpha value is -2.22. The van der Waals surface area contributed by atoms with E-state index in [0.29, 0.717) is 12.2 Å². The molecule has 0 aliphatic heterocycles. The summed E-state index contributed by atoms with van der Waals surface area (Å²) in [6, 6.07) is 9.30. The van der Waals surface area contributed by atoms with E-state index in [1.165, 1.54) is 12.5 Å². The Kier molecular flexibility index (Phi) is 8.17. The van der Waals surface area contributed by atoms with Gasteiger partial charge in [-0.05, 0) is 25.3 Å². The number of carbonyl (C=O) groups is 1. The van der Waals surface area contributed by atoms with Gasteiger partial charge in [-0.2, -0.15) is 0 Å². The summed E-state index contributed by atoms with van der Waals surface area (Å²) in [6.45, 7) is 4.92. The molecule has 28 heavy (non-hydrogen) atoms. The maximum absolute atomic E-state index is 11.9. The van der Waals surface area contributed by atoms with Crippen LogP contribution in [0.3, 0.4) is 0 Å². The molecule has 2 rings (SSSR count). The molecule has 1 aromatic heterocycles. The SMILES string of the molecule is CC(C)C(=O)NCc1nc(CCc2ccccc2)cn1C(CO)[C@@H](O)[C@@H](C)O. The van der Waals surface area contributed by atoms with Crippen LogP contribution < -0.4 is 5.32 Å². The molecular weight excluding hydrogens is 358 g/mol. The first-order chi connectivity index (χ1) is 13.3. The van der Waals surface area contributed by atoms with Crippen LogP contribution in [0.1, 0.15) is 43.9 Å². The Morgan fingerprint density at radius 3 is 2.39 bits per heavy atom. The number of aliphatic hydroxyl groups is 3. The number of hydrogen-bond acceptors (Lipinski definition) is 5. The lowest BCUT2D eigenvalue weighted by atomic mass is 10.1. The predicted molar refractivity (Wildman–Crippen MR) is 107 cm³/mol. The van der Waals surface area contributed by atoms with Gasteiger partial charge in [-0.15, -0.1) is 0 Å². The molecule has 1 amide bonds. The van der Waals surface area contributed by atoms with Crippen LogP contribution in [-0.4, -0.2) is 49.6 Å². The van der Waals surface area contributed by atoms with Crippen molar-refractivity contribution in [3.05, 3.63) is 53.6 Å². The van der Waals surface area contributed by atoms with Gasteiger partial charge in [0.2, 0.25) is 5.91 Å². The molecule has 0 spiro atoms. The Bertz CT molecular complexity index is 743. The van der Waals surface area contributed by atoms with E-state index < -0.39 is 18.2 Å². The van der Waals surface area contributed by atoms with Crippen molar-refractivity contribution in [3.8, 4) is 0 Å². The number of carbonyl (C=O) groups excluding carboxylic acids is 1. The van der Waals surface area contributed by atoms with Crippen molar-refractivity contribution < 1.29 is 20.1 Å². The summed E-state index contributed by atoms with van der Waals surface area (Å²) in [6.07, 6.45) is 1.11. The fourth-order valence-corrected chi connectivity index (χ4v) is 3.00. The van der Waals surface area contributed by atoms with Gasteiger partial charge in [0.05, 0.1) is 31.0 Å². The van der Waals surface area contributed by atoms with Crippen molar-refractivity contribution in [2.75, 3.05) is 6.61 Å². The lowest BCUT2D eigenvalue weighted by molar-refractivity contribution is -0.124. The average molecular weight is 389 g/mol. The summed E-state index contributed by atoms with van der Waals surface area (Å²) in [4.78, 5) is 16.6. The minimum absolute atomic E-state index is 0.1000. The van der Waals surface area contributed by atoms with Crippen molar-refractivity contribution in [1.29, 1.82) is 0 Å². The maximum Gasteiger partial charge on any atom is 0.222 e. The van der Waals surface area contributed by atoms with Crippen LogP contribution in [-0.2, 0) is 24.2 Å². The van der Waals surface area contributed by atoms with E-state index in [-0.39, 0.29) is 25.0 Å². The molecule has 0 aliphatic carbocycles. The van der Waals surface area contributed by atoms with Crippen molar-refractivity contribution >= 4 is 5.91 Å². The minimum Gasteiger partial charge on any atom is -0.394 e. The summed E-state index contributed by atoms with van der Waals surface area (Å²) >= 11 is 0. The van der Waals surface area contributed by atoms with Gasteiger partial charge in [0.1, 0.15) is 11.9 Å². The fraction of sp³-hybridized carbons (Fsp3) is 0.524. The number of benzene rings is 1. The molecule has 154 valence electrons. The molecule has 7 heteroatoms. The van der Waals surface area contributed by atoms with Gasteiger partial charge >= 0.3 is 0 Å². The molecule has 4 N–H and O–H groups in total. The Morgan fingerprint density at radius 1 is 1.14 bits per heavy atom. The number of imidazole rings is 1. The highest BCUT2D eigenvalue weighted by atomic mass is 16.3. The van der Waals surface area contributed by atoms with E-state index in [2.05, 4.69) is 22.4 Å². The predicted octanol–water partition coefficient (Wildman–Crippen LogP) is 1.22. The first-order valence-electron chi connectivity index (χ1n) is 9.68. The molecule has 3 atom stereocenters. The second kappa shape index (κ2) is 10.4. The number of amides is 1. The van der Waals surface area contributed by atoms with E-state index in [1.54, 1.807) is 24.6 Å². The van der Waals surface area contributed by atoms with Crippen LogP contribution in [0.2, 0.25) is 0 Å². The van der Waals surface area contributed by atoms with E-state index in [0.717, 1.165) is 12.1 Å². The zero-order valence-electron chi connectivity index (χ0n) is 16.7. The second-order valence-corrected chi connectivity index (χ2v) is 7.39. The number of nitrogens with one attached hydrogen (secondary N) is 1. The number of aromatic nitrogens is 2. The first-order valence-corrected chi connectivity index (χ1v) is 9.68. The Balaban J connectivity index is 2.23. The summed E-state index contributed by atoms with van der Waals surface area (Å²) in [5, 5.41) is 32.7. The Morgan fingerprint density at radius 2 is 1.82 bits per heavy atom. The highest BCUT2D eigenvalue weighted by Crippen LogP contribution is 2.19. The molecule has 0 fully saturated rings. The average Bonchev–Trinajstić information content (AvgIpc) is 3.08. The molecule has 0 bridgehead atoms. The number of rotatable bonds is 10. The summed E-state index contributed by atoms with van der Waals surface area (Å²) in [5.74, 6) is 0.283. The quantitative estimate of drug-likeness (QED) is 0.489. The summed E-state index contributed by atoms with van der Waals surface area (Å²) < 4.78 is 1.66. The summed E-state index contributed by atoms with van der Waals surface area (Å²) in [7, 11) is 0. The molecule has 2 aromatic rings. The number of aryl methyl sites for hydroxylation is 2. The highest BCUT2D eigenvalue weighted by molar-refractivity contribution is 5.77. The highest BCUT2D eigenvalue weighted by Gasteiger charge is 2.27. The lowest BCUT2D eigenvalue weighted by Gasteiger charge is -2.26. The number of aliphatic hydroxyl groups excluding tert-OH is 3. The van der Waals surface area contributed by atoms with Crippen LogP contribution in [0.4, 0.5) is 0 Å². The van der Waals surface area contributed by atoms with E-state index in [9.17, 15) is 20.1 Å². The third kappa shape index (κ3) is 5.89. The van der Waals surface area contributed by atoms with Crippen LogP contribution in [0.15, 0.2) is 36.5 Å². The monoisotopic (exact) mass is 389 g/mol. The van der Waals surface area contributed by atoms with Crippen molar-refractivity contribution in [2.24, 2.45) is 5.92 Å². The topological polar surface area (TPSA) is 108 Å². The maximum atomic E-state index is 11.9.